The number of carbonyl (C=O) groups excluding carboxylic acids is 1. The first-order valence-corrected chi connectivity index (χ1v) is 9.15. The number of amides is 1. The standard InChI is InChI=1S/C18H17N3O4S/c1-12-20-16(11-25-12)13-7-9-14(10-8-13)26(23,24)21(2)17-6-4-3-5-15(17)18(19)22/h3-11H,1-2H3,(H2,19,22). The van der Waals surface area contributed by atoms with Crippen LogP contribution in [0, 0.1) is 6.92 Å². The van der Waals surface area contributed by atoms with E-state index in [-0.39, 0.29) is 16.1 Å². The van der Waals surface area contributed by atoms with Gasteiger partial charge in [-0.2, -0.15) is 0 Å². The highest BCUT2D eigenvalue weighted by molar-refractivity contribution is 7.92. The number of para-hydroxylation sites is 1. The Labute approximate surface area is 151 Å². The minimum Gasteiger partial charge on any atom is -0.449 e. The van der Waals surface area contributed by atoms with E-state index in [0.29, 0.717) is 11.6 Å². The Kier molecular flexibility index (Phi) is 4.52. The number of primary amides is 1. The fraction of sp³-hybridized carbons (Fsp3) is 0.111. The summed E-state index contributed by atoms with van der Waals surface area (Å²) in [5.41, 5.74) is 7.06. The van der Waals surface area contributed by atoms with E-state index >= 15 is 0 Å². The third-order valence-electron chi connectivity index (χ3n) is 3.94. The molecule has 2 aromatic carbocycles. The molecule has 1 amide bonds. The average Bonchev–Trinajstić information content (AvgIpc) is 3.07. The molecule has 0 aliphatic carbocycles. The smallest absolute Gasteiger partial charge is 0.264 e. The molecule has 0 spiro atoms. The Hall–Kier alpha value is -3.13. The maximum absolute atomic E-state index is 12.9. The van der Waals surface area contributed by atoms with E-state index in [9.17, 15) is 13.2 Å². The van der Waals surface area contributed by atoms with Gasteiger partial charge in [0.05, 0.1) is 16.1 Å². The van der Waals surface area contributed by atoms with Crippen LogP contribution in [0.25, 0.3) is 11.3 Å². The summed E-state index contributed by atoms with van der Waals surface area (Å²) in [5, 5.41) is 0. The van der Waals surface area contributed by atoms with E-state index in [1.165, 1.54) is 37.6 Å². The van der Waals surface area contributed by atoms with Crippen LogP contribution in [0.2, 0.25) is 0 Å². The summed E-state index contributed by atoms with van der Waals surface area (Å²) in [6, 6.07) is 12.6. The summed E-state index contributed by atoms with van der Waals surface area (Å²) in [7, 11) is -2.48. The van der Waals surface area contributed by atoms with Gasteiger partial charge in [0.15, 0.2) is 5.89 Å². The molecule has 0 radical (unpaired) electrons. The van der Waals surface area contributed by atoms with Crippen molar-refractivity contribution in [3.05, 3.63) is 66.2 Å². The summed E-state index contributed by atoms with van der Waals surface area (Å²) >= 11 is 0. The number of anilines is 1. The quantitative estimate of drug-likeness (QED) is 0.742. The number of sulfonamides is 1. The Balaban J connectivity index is 1.96. The Morgan fingerprint density at radius 1 is 1.12 bits per heavy atom. The van der Waals surface area contributed by atoms with E-state index < -0.39 is 15.9 Å². The third kappa shape index (κ3) is 3.18. The van der Waals surface area contributed by atoms with Crippen molar-refractivity contribution in [2.75, 3.05) is 11.4 Å². The van der Waals surface area contributed by atoms with Crippen LogP contribution in [0.4, 0.5) is 5.69 Å². The first-order valence-electron chi connectivity index (χ1n) is 7.71. The van der Waals surface area contributed by atoms with Crippen LogP contribution in [-0.4, -0.2) is 26.4 Å². The van der Waals surface area contributed by atoms with Crippen molar-refractivity contribution in [3.63, 3.8) is 0 Å². The summed E-state index contributed by atoms with van der Waals surface area (Å²) in [6.45, 7) is 1.73. The topological polar surface area (TPSA) is 107 Å². The molecular weight excluding hydrogens is 354 g/mol. The number of carbonyl (C=O) groups is 1. The van der Waals surface area contributed by atoms with Crippen molar-refractivity contribution in [2.24, 2.45) is 5.73 Å². The molecule has 3 aromatic rings. The van der Waals surface area contributed by atoms with Gasteiger partial charge in [-0.25, -0.2) is 13.4 Å². The first-order chi connectivity index (χ1) is 12.3. The molecular formula is C18H17N3O4S. The number of benzene rings is 2. The lowest BCUT2D eigenvalue weighted by atomic mass is 10.2. The third-order valence-corrected chi connectivity index (χ3v) is 5.72. The largest absolute Gasteiger partial charge is 0.449 e. The Morgan fingerprint density at radius 2 is 1.77 bits per heavy atom. The minimum atomic E-state index is -3.86. The highest BCUT2D eigenvalue weighted by Gasteiger charge is 2.24. The van der Waals surface area contributed by atoms with Crippen LogP contribution in [0.3, 0.4) is 0 Å². The van der Waals surface area contributed by atoms with Gasteiger partial charge in [0.1, 0.15) is 12.0 Å². The van der Waals surface area contributed by atoms with Gasteiger partial charge in [-0.15, -0.1) is 0 Å². The molecule has 2 N–H and O–H groups in total. The molecule has 0 saturated carbocycles. The van der Waals surface area contributed by atoms with Crippen molar-refractivity contribution in [1.82, 2.24) is 4.98 Å². The first kappa shape index (κ1) is 17.7. The molecule has 0 aliphatic heterocycles. The molecule has 0 bridgehead atoms. The van der Waals surface area contributed by atoms with Crippen LogP contribution in [0.1, 0.15) is 16.2 Å². The zero-order valence-corrected chi connectivity index (χ0v) is 15.0. The van der Waals surface area contributed by atoms with E-state index in [0.717, 1.165) is 9.87 Å². The molecule has 134 valence electrons. The second-order valence-electron chi connectivity index (χ2n) is 5.63. The van der Waals surface area contributed by atoms with E-state index in [1.54, 1.807) is 31.2 Å². The van der Waals surface area contributed by atoms with E-state index in [1.807, 2.05) is 0 Å². The SMILES string of the molecule is Cc1nc(-c2ccc(S(=O)(=O)N(C)c3ccccc3C(N)=O)cc2)co1. The van der Waals surface area contributed by atoms with Gasteiger partial charge >= 0.3 is 0 Å². The molecule has 0 saturated heterocycles. The Morgan fingerprint density at radius 3 is 2.35 bits per heavy atom. The highest BCUT2D eigenvalue weighted by atomic mass is 32.2. The Bertz CT molecular complexity index is 1060. The van der Waals surface area contributed by atoms with Gasteiger partial charge in [0, 0.05) is 19.5 Å². The minimum absolute atomic E-state index is 0.0863. The fourth-order valence-corrected chi connectivity index (χ4v) is 3.75. The zero-order chi connectivity index (χ0) is 18.9. The number of aromatic nitrogens is 1. The molecule has 0 atom stereocenters. The molecule has 3 rings (SSSR count). The number of hydrogen-bond donors (Lipinski definition) is 1. The van der Waals surface area contributed by atoms with Crippen LogP contribution in [0.5, 0.6) is 0 Å². The maximum atomic E-state index is 12.9. The highest BCUT2D eigenvalue weighted by Crippen LogP contribution is 2.27. The van der Waals surface area contributed by atoms with Gasteiger partial charge < -0.3 is 10.2 Å². The molecule has 26 heavy (non-hydrogen) atoms. The summed E-state index contributed by atoms with van der Waals surface area (Å²) in [4.78, 5) is 15.9. The summed E-state index contributed by atoms with van der Waals surface area (Å²) in [5.74, 6) is -0.168. The predicted molar refractivity (Wildman–Crippen MR) is 97.2 cm³/mol. The van der Waals surface area contributed by atoms with Crippen LogP contribution >= 0.6 is 0 Å². The zero-order valence-electron chi connectivity index (χ0n) is 14.2. The van der Waals surface area contributed by atoms with E-state index in [2.05, 4.69) is 4.98 Å². The number of aryl methyl sites for hydroxylation is 1. The molecule has 0 fully saturated rings. The van der Waals surface area contributed by atoms with Crippen molar-refractivity contribution >= 4 is 21.6 Å². The number of oxazole rings is 1. The summed E-state index contributed by atoms with van der Waals surface area (Å²) in [6.07, 6.45) is 1.51. The van der Waals surface area contributed by atoms with E-state index in [4.69, 9.17) is 10.2 Å². The number of nitrogens with two attached hydrogens (primary N) is 1. The normalized spacial score (nSPS) is 11.3. The molecule has 7 nitrogen and oxygen atoms in total. The lowest BCUT2D eigenvalue weighted by Crippen LogP contribution is -2.29. The molecule has 0 aliphatic rings. The average molecular weight is 371 g/mol. The number of rotatable bonds is 5. The van der Waals surface area contributed by atoms with Crippen molar-refractivity contribution in [1.29, 1.82) is 0 Å². The molecule has 8 heteroatoms. The van der Waals surface area contributed by atoms with Crippen LogP contribution < -0.4 is 10.0 Å². The molecule has 1 aromatic heterocycles. The van der Waals surface area contributed by atoms with Crippen LogP contribution in [0.15, 0.2) is 64.1 Å². The van der Waals surface area contributed by atoms with Crippen molar-refractivity contribution in [3.8, 4) is 11.3 Å². The fourth-order valence-electron chi connectivity index (χ4n) is 2.54. The maximum Gasteiger partial charge on any atom is 0.264 e. The lowest BCUT2D eigenvalue weighted by Gasteiger charge is -2.21. The van der Waals surface area contributed by atoms with Gasteiger partial charge in [-0.05, 0) is 24.3 Å². The van der Waals surface area contributed by atoms with Gasteiger partial charge in [-0.3, -0.25) is 9.10 Å². The summed E-state index contributed by atoms with van der Waals surface area (Å²) < 4.78 is 32.0. The monoisotopic (exact) mass is 371 g/mol. The van der Waals surface area contributed by atoms with Gasteiger partial charge in [0.25, 0.3) is 15.9 Å². The van der Waals surface area contributed by atoms with Gasteiger partial charge in [-0.1, -0.05) is 24.3 Å². The van der Waals surface area contributed by atoms with Crippen molar-refractivity contribution < 1.29 is 17.6 Å². The second-order valence-corrected chi connectivity index (χ2v) is 7.60. The van der Waals surface area contributed by atoms with Crippen LogP contribution in [-0.2, 0) is 10.0 Å². The number of nitrogens with zero attached hydrogens (tertiary/aromatic N) is 2. The lowest BCUT2D eigenvalue weighted by molar-refractivity contribution is 0.100. The predicted octanol–water partition coefficient (Wildman–Crippen LogP) is 2.57. The molecule has 1 heterocycles. The second kappa shape index (κ2) is 6.64. The van der Waals surface area contributed by atoms with Gasteiger partial charge in [0.2, 0.25) is 0 Å². The molecule has 0 unspecified atom stereocenters. The number of hydrogen-bond acceptors (Lipinski definition) is 5. The van der Waals surface area contributed by atoms with Crippen molar-refractivity contribution in [2.45, 2.75) is 11.8 Å².